The Bertz CT molecular complexity index is 1630. The van der Waals surface area contributed by atoms with Crippen LogP contribution >= 0.6 is 21.6 Å². The molecule has 0 unspecified atom stereocenters. The molecule has 9 atom stereocenters. The Balaban J connectivity index is 3.80. The molecule has 1 rings (SSSR count). The van der Waals surface area contributed by atoms with Crippen LogP contribution in [-0.2, 0) is 47.9 Å². The van der Waals surface area contributed by atoms with E-state index in [1.54, 1.807) is 13.8 Å². The quantitative estimate of drug-likeness (QED) is 0.0314. The van der Waals surface area contributed by atoms with Gasteiger partial charge in [0, 0.05) is 18.1 Å². The predicted octanol–water partition coefficient (Wildman–Crippen LogP) is -6.99. The molecule has 0 aromatic rings. The monoisotopic (exact) mass is 908 g/mol. The van der Waals surface area contributed by atoms with E-state index >= 15 is 0 Å². The van der Waals surface area contributed by atoms with Crippen LogP contribution in [-0.4, -0.2) is 165 Å². The zero-order chi connectivity index (χ0) is 46.6. The number of nitrogens with zero attached hydrogens (tertiary/aromatic N) is 1. The number of rotatable bonds is 15. The Kier molecular flexibility index (Phi) is 23.4. The van der Waals surface area contributed by atoms with Crippen LogP contribution in [0.25, 0.3) is 0 Å². The molecule has 0 radical (unpaired) electrons. The maximum Gasteiger partial charge on any atom is 0.305 e. The van der Waals surface area contributed by atoms with Crippen molar-refractivity contribution < 1.29 is 68.4 Å². The number of primary amides is 1. The molecule has 8 amide bonds. The van der Waals surface area contributed by atoms with Gasteiger partial charge in [0.15, 0.2) is 5.96 Å². The van der Waals surface area contributed by atoms with Crippen LogP contribution in [0.2, 0.25) is 0 Å². The predicted molar refractivity (Wildman–Crippen MR) is 218 cm³/mol. The van der Waals surface area contributed by atoms with Crippen LogP contribution < -0.4 is 60.2 Å². The third kappa shape index (κ3) is 20.1. The van der Waals surface area contributed by atoms with Gasteiger partial charge in [-0.15, -0.1) is 0 Å². The maximum absolute atomic E-state index is 13.7. The number of carbonyl (C=O) groups excluding carboxylic acids is 8. The minimum atomic E-state index is -1.99. The second-order valence-electron chi connectivity index (χ2n) is 14.1. The summed E-state index contributed by atoms with van der Waals surface area (Å²) in [6, 6.07) is -13.2. The number of aliphatic hydroxyl groups excluding tert-OH is 2. The van der Waals surface area contributed by atoms with E-state index in [2.05, 4.69) is 42.2 Å². The molecule has 28 heteroatoms. The van der Waals surface area contributed by atoms with E-state index in [0.717, 1.165) is 28.5 Å². The summed E-state index contributed by atoms with van der Waals surface area (Å²) in [7, 11) is 1.77. The van der Waals surface area contributed by atoms with Crippen molar-refractivity contribution in [2.45, 2.75) is 107 Å². The van der Waals surface area contributed by atoms with E-state index in [-0.39, 0.29) is 49.2 Å². The minimum Gasteiger partial charge on any atom is -0.481 e. The standard InChI is InChI=1S/C33H56N12O14S2/c1-13(2)7-17-28(55)43-20(25(35)52)11-60-61-12-21(44-26(53)15(34)8-22(48)49)31(58)39-16(5-4-6-38-33(36)37)27(54)42-19(10-46)30(57)40-18(9-23(50)51)29(56)45-24(14(3)47)32(59)41-17/h13-21,24,46-47H,4-12,34H2,1-3H3,(H2,35,52)(H,39,58)(H,40,57)(H,41,59)(H,42,54)(H,43,55)(H,44,53)(H,45,56)(H,48,49)(H,50,51)(H4,36,37,38)/t14-,15+,16+,17+,18+,19-,20+,21+,24-/m1/s1. The molecule has 26 nitrogen and oxygen atoms in total. The van der Waals surface area contributed by atoms with Gasteiger partial charge in [0.1, 0.15) is 42.3 Å². The Morgan fingerprint density at radius 3 is 1.84 bits per heavy atom. The smallest absolute Gasteiger partial charge is 0.305 e. The number of aliphatic hydroxyl groups is 2. The molecule has 1 fully saturated rings. The first kappa shape index (κ1) is 53.6. The lowest BCUT2D eigenvalue weighted by molar-refractivity contribution is -0.142. The fraction of sp³-hybridized carbons (Fsp3) is 0.667. The van der Waals surface area contributed by atoms with Gasteiger partial charge in [0.05, 0.1) is 31.6 Å². The van der Waals surface area contributed by atoms with E-state index in [1.165, 1.54) is 0 Å². The van der Waals surface area contributed by atoms with Gasteiger partial charge in [0.2, 0.25) is 47.3 Å². The molecule has 1 aliphatic heterocycles. The lowest BCUT2D eigenvalue weighted by Crippen LogP contribution is -2.62. The first-order chi connectivity index (χ1) is 28.5. The highest BCUT2D eigenvalue weighted by molar-refractivity contribution is 8.76. The Labute approximate surface area is 357 Å². The van der Waals surface area contributed by atoms with Crippen LogP contribution in [0.1, 0.15) is 52.9 Å². The van der Waals surface area contributed by atoms with Gasteiger partial charge >= 0.3 is 11.9 Å². The normalized spacial score (nSPS) is 25.2. The molecule has 0 bridgehead atoms. The molecular formula is C33H56N12O14S2. The number of nitrogens with one attached hydrogen (secondary N) is 7. The third-order valence-electron chi connectivity index (χ3n) is 8.39. The van der Waals surface area contributed by atoms with Gasteiger partial charge in [0.25, 0.3) is 0 Å². The van der Waals surface area contributed by atoms with E-state index < -0.39 is 133 Å². The number of guanidine groups is 1. The molecule has 0 aromatic carbocycles. The summed E-state index contributed by atoms with van der Waals surface area (Å²) in [5, 5.41) is 55.2. The van der Waals surface area contributed by atoms with Gasteiger partial charge in [-0.25, -0.2) is 0 Å². The van der Waals surface area contributed by atoms with Gasteiger partial charge in [-0.1, -0.05) is 35.4 Å². The summed E-state index contributed by atoms with van der Waals surface area (Å²) < 4.78 is 0. The number of hydrogen-bond acceptors (Lipinski definition) is 16. The summed E-state index contributed by atoms with van der Waals surface area (Å²) >= 11 is 0. The van der Waals surface area contributed by atoms with Crippen molar-refractivity contribution in [1.29, 1.82) is 0 Å². The lowest BCUT2D eigenvalue weighted by Gasteiger charge is -2.28. The number of carboxylic acids is 2. The summed E-state index contributed by atoms with van der Waals surface area (Å²) in [4.78, 5) is 133. The van der Waals surface area contributed by atoms with E-state index in [1.807, 2.05) is 0 Å². The van der Waals surface area contributed by atoms with Crippen molar-refractivity contribution in [2.75, 3.05) is 24.7 Å². The van der Waals surface area contributed by atoms with Crippen LogP contribution in [0.3, 0.4) is 0 Å². The molecule has 1 heterocycles. The molecular weight excluding hydrogens is 853 g/mol. The second-order valence-corrected chi connectivity index (χ2v) is 16.7. The molecule has 0 aliphatic carbocycles. The average Bonchev–Trinajstić information content (AvgIpc) is 3.15. The van der Waals surface area contributed by atoms with Gasteiger partial charge in [-0.3, -0.25) is 52.9 Å². The van der Waals surface area contributed by atoms with Crippen molar-refractivity contribution in [2.24, 2.45) is 33.8 Å². The summed E-state index contributed by atoms with van der Waals surface area (Å²) in [5.74, 6) is -13.1. The minimum absolute atomic E-state index is 0.0223. The SMILES string of the molecule is CC(C)C[C@@H]1NC(=O)[C@@H]([C@@H](C)O)NC(=O)[C@H](CC(=O)O)NC(=O)[C@@H](CO)NC(=O)[C@H](CCCN=C(N)N)NC(=O)[C@@H](NC(=O)[C@@H](N)CC(=O)O)CSSC[C@@H](C(N)=O)NC1=O. The highest BCUT2D eigenvalue weighted by Crippen LogP contribution is 2.23. The molecule has 1 aliphatic rings. The molecule has 0 aromatic heterocycles. The van der Waals surface area contributed by atoms with Gasteiger partial charge in [-0.05, 0) is 32.1 Å². The number of amides is 8. The fourth-order valence-electron chi connectivity index (χ4n) is 5.23. The number of carbonyl (C=O) groups is 10. The highest BCUT2D eigenvalue weighted by atomic mass is 33.1. The number of carboxylic acid groups (broad SMARTS) is 2. The topological polar surface area (TPSA) is 452 Å². The Hall–Kier alpha value is -5.45. The zero-order valence-corrected chi connectivity index (χ0v) is 35.2. The Morgan fingerprint density at radius 2 is 1.30 bits per heavy atom. The number of aliphatic imine (C=N–C) groups is 1. The first-order valence-corrected chi connectivity index (χ1v) is 21.2. The maximum atomic E-state index is 13.7. The number of hydrogen-bond donors (Lipinski definition) is 15. The molecule has 344 valence electrons. The highest BCUT2D eigenvalue weighted by Gasteiger charge is 2.36. The van der Waals surface area contributed by atoms with Crippen LogP contribution in [0.15, 0.2) is 4.99 Å². The summed E-state index contributed by atoms with van der Waals surface area (Å²) in [6.45, 7) is 3.31. The van der Waals surface area contributed by atoms with Crippen LogP contribution in [0.5, 0.6) is 0 Å². The molecule has 0 spiro atoms. The molecule has 0 saturated carbocycles. The zero-order valence-electron chi connectivity index (χ0n) is 33.6. The third-order valence-corrected chi connectivity index (χ3v) is 10.8. The van der Waals surface area contributed by atoms with E-state index in [4.69, 9.17) is 28.0 Å². The largest absolute Gasteiger partial charge is 0.481 e. The molecule has 19 N–H and O–H groups in total. The Morgan fingerprint density at radius 1 is 0.754 bits per heavy atom. The lowest BCUT2D eigenvalue weighted by atomic mass is 10.0. The van der Waals surface area contributed by atoms with Crippen molar-refractivity contribution >= 4 is 86.7 Å². The first-order valence-electron chi connectivity index (χ1n) is 18.7. The van der Waals surface area contributed by atoms with Crippen LogP contribution in [0.4, 0.5) is 0 Å². The van der Waals surface area contributed by atoms with Crippen molar-refractivity contribution in [3.63, 3.8) is 0 Å². The summed E-state index contributed by atoms with van der Waals surface area (Å²) in [5.41, 5.74) is 22.0. The van der Waals surface area contributed by atoms with E-state index in [0.29, 0.717) is 0 Å². The van der Waals surface area contributed by atoms with Gasteiger partial charge < -0.3 is 80.6 Å². The van der Waals surface area contributed by atoms with Crippen LogP contribution in [0, 0.1) is 5.92 Å². The number of nitrogens with two attached hydrogens (primary N) is 4. The number of aliphatic carboxylic acids is 2. The second kappa shape index (κ2) is 26.7. The molecule has 1 saturated heterocycles. The van der Waals surface area contributed by atoms with E-state index in [9.17, 15) is 63.3 Å². The van der Waals surface area contributed by atoms with Crippen molar-refractivity contribution in [3.05, 3.63) is 0 Å². The summed E-state index contributed by atoms with van der Waals surface area (Å²) in [6.07, 6.45) is -3.84. The van der Waals surface area contributed by atoms with Gasteiger partial charge in [-0.2, -0.15) is 0 Å². The molecule has 61 heavy (non-hydrogen) atoms. The van der Waals surface area contributed by atoms with Crippen molar-refractivity contribution in [3.8, 4) is 0 Å². The van der Waals surface area contributed by atoms with Crippen molar-refractivity contribution in [1.82, 2.24) is 37.2 Å². The average molecular weight is 909 g/mol. The fourth-order valence-corrected chi connectivity index (χ4v) is 7.57.